The van der Waals surface area contributed by atoms with Gasteiger partial charge in [0.25, 0.3) is 0 Å². The molecule has 0 bridgehead atoms. The van der Waals surface area contributed by atoms with Crippen LogP contribution in [0.5, 0.6) is 0 Å². The topological polar surface area (TPSA) is 13.1 Å². The summed E-state index contributed by atoms with van der Waals surface area (Å²) in [5, 5.41) is 1.75. The van der Waals surface area contributed by atoms with Crippen LogP contribution in [0.3, 0.4) is 0 Å². The summed E-state index contributed by atoms with van der Waals surface area (Å²) in [6, 6.07) is 4.59. The van der Waals surface area contributed by atoms with Gasteiger partial charge in [-0.2, -0.15) is 0 Å². The number of furan rings is 1. The molecule has 0 N–H and O–H groups in total. The van der Waals surface area contributed by atoms with Gasteiger partial charge in [-0.05, 0) is 25.1 Å². The van der Waals surface area contributed by atoms with Gasteiger partial charge in [-0.1, -0.05) is 0 Å². The van der Waals surface area contributed by atoms with E-state index in [2.05, 4.69) is 6.92 Å². The molecule has 2 aromatic rings. The maximum absolute atomic E-state index is 12.8. The number of benzene rings is 1. The standard InChI is InChI=1S/C10H8FO/c1-2-10-9-5-8(11)4-3-7(9)6-12-10/h3-6H,1-2H2. The van der Waals surface area contributed by atoms with Crippen LogP contribution in [0.1, 0.15) is 5.76 Å². The molecule has 2 heteroatoms. The third kappa shape index (κ3) is 0.998. The Hall–Kier alpha value is -1.31. The summed E-state index contributed by atoms with van der Waals surface area (Å²) in [7, 11) is 0. The minimum Gasteiger partial charge on any atom is -0.468 e. The first-order valence-corrected chi connectivity index (χ1v) is 3.76. The van der Waals surface area contributed by atoms with Gasteiger partial charge in [0.1, 0.15) is 11.6 Å². The Kier molecular flexibility index (Phi) is 1.61. The molecule has 61 valence electrons. The van der Waals surface area contributed by atoms with Gasteiger partial charge in [-0.15, -0.1) is 0 Å². The number of halogens is 1. The summed E-state index contributed by atoms with van der Waals surface area (Å²) in [5.74, 6) is 0.503. The summed E-state index contributed by atoms with van der Waals surface area (Å²) < 4.78 is 18.0. The largest absolute Gasteiger partial charge is 0.468 e. The molecule has 1 aromatic carbocycles. The Morgan fingerprint density at radius 1 is 1.42 bits per heavy atom. The second kappa shape index (κ2) is 2.63. The van der Waals surface area contributed by atoms with Gasteiger partial charge in [0.2, 0.25) is 0 Å². The van der Waals surface area contributed by atoms with Crippen molar-refractivity contribution in [3.8, 4) is 0 Å². The Morgan fingerprint density at radius 3 is 3.00 bits per heavy atom. The molecule has 0 saturated carbocycles. The van der Waals surface area contributed by atoms with E-state index in [4.69, 9.17) is 4.42 Å². The molecule has 0 aliphatic rings. The molecule has 0 aliphatic heterocycles. The van der Waals surface area contributed by atoms with Crippen LogP contribution < -0.4 is 0 Å². The lowest BCUT2D eigenvalue weighted by molar-refractivity contribution is 0.528. The second-order valence-electron chi connectivity index (χ2n) is 2.64. The first kappa shape index (κ1) is 7.35. The van der Waals surface area contributed by atoms with Crippen LogP contribution in [0.2, 0.25) is 0 Å². The molecular weight excluding hydrogens is 155 g/mol. The van der Waals surface area contributed by atoms with Crippen LogP contribution in [0.15, 0.2) is 28.9 Å². The van der Waals surface area contributed by atoms with Crippen LogP contribution in [0.25, 0.3) is 10.8 Å². The maximum Gasteiger partial charge on any atom is 0.123 e. The molecule has 0 amide bonds. The molecule has 1 nitrogen and oxygen atoms in total. The number of hydrogen-bond acceptors (Lipinski definition) is 1. The fraction of sp³-hybridized carbons (Fsp3) is 0.100. The second-order valence-corrected chi connectivity index (χ2v) is 2.64. The highest BCUT2D eigenvalue weighted by Crippen LogP contribution is 2.21. The number of fused-ring (bicyclic) bond motifs is 1. The Labute approximate surface area is 69.8 Å². The van der Waals surface area contributed by atoms with Crippen molar-refractivity contribution in [1.82, 2.24) is 0 Å². The lowest BCUT2D eigenvalue weighted by Gasteiger charge is -1.91. The van der Waals surface area contributed by atoms with Gasteiger partial charge in [-0.25, -0.2) is 4.39 Å². The first-order chi connectivity index (χ1) is 5.81. The van der Waals surface area contributed by atoms with E-state index in [-0.39, 0.29) is 5.82 Å². The highest BCUT2D eigenvalue weighted by Gasteiger charge is 2.04. The quantitative estimate of drug-likeness (QED) is 0.630. The molecule has 12 heavy (non-hydrogen) atoms. The highest BCUT2D eigenvalue weighted by atomic mass is 19.1. The van der Waals surface area contributed by atoms with Crippen molar-refractivity contribution < 1.29 is 8.81 Å². The van der Waals surface area contributed by atoms with E-state index in [0.29, 0.717) is 6.42 Å². The summed E-state index contributed by atoms with van der Waals surface area (Å²) in [5.41, 5.74) is 0. The smallest absolute Gasteiger partial charge is 0.123 e. The van der Waals surface area contributed by atoms with E-state index >= 15 is 0 Å². The molecule has 1 radical (unpaired) electrons. The van der Waals surface area contributed by atoms with E-state index in [0.717, 1.165) is 16.5 Å². The van der Waals surface area contributed by atoms with E-state index in [1.165, 1.54) is 12.1 Å². The zero-order valence-corrected chi connectivity index (χ0v) is 6.51. The predicted octanol–water partition coefficient (Wildman–Crippen LogP) is 2.95. The number of hydrogen-bond donors (Lipinski definition) is 0. The van der Waals surface area contributed by atoms with Crippen LogP contribution in [0, 0.1) is 12.7 Å². The average molecular weight is 163 g/mol. The van der Waals surface area contributed by atoms with Crippen LogP contribution in [-0.2, 0) is 6.42 Å². The minimum atomic E-state index is -0.237. The van der Waals surface area contributed by atoms with E-state index in [1.54, 1.807) is 12.3 Å². The molecular formula is C10H8FO. The van der Waals surface area contributed by atoms with Crippen LogP contribution in [0.4, 0.5) is 4.39 Å². The third-order valence-corrected chi connectivity index (χ3v) is 1.87. The Morgan fingerprint density at radius 2 is 2.25 bits per heavy atom. The maximum atomic E-state index is 12.8. The Bertz CT molecular complexity index is 403. The molecule has 0 spiro atoms. The van der Waals surface area contributed by atoms with E-state index in [9.17, 15) is 4.39 Å². The van der Waals surface area contributed by atoms with Crippen molar-refractivity contribution in [2.75, 3.05) is 0 Å². The zero-order chi connectivity index (χ0) is 8.55. The molecule has 0 saturated heterocycles. The molecule has 1 heterocycles. The third-order valence-electron chi connectivity index (χ3n) is 1.87. The Balaban J connectivity index is 2.75. The van der Waals surface area contributed by atoms with Crippen molar-refractivity contribution in [2.45, 2.75) is 6.42 Å². The van der Waals surface area contributed by atoms with Crippen molar-refractivity contribution in [2.24, 2.45) is 0 Å². The molecule has 0 unspecified atom stereocenters. The summed E-state index contributed by atoms with van der Waals surface area (Å²) in [6.45, 7) is 3.69. The van der Waals surface area contributed by atoms with Gasteiger partial charge in [-0.3, -0.25) is 0 Å². The summed E-state index contributed by atoms with van der Waals surface area (Å²) in [6.07, 6.45) is 2.17. The first-order valence-electron chi connectivity index (χ1n) is 3.76. The van der Waals surface area contributed by atoms with Crippen molar-refractivity contribution in [3.63, 3.8) is 0 Å². The minimum absolute atomic E-state index is 0.237. The van der Waals surface area contributed by atoms with Crippen molar-refractivity contribution in [1.29, 1.82) is 0 Å². The SMILES string of the molecule is [CH2]Cc1occ2ccc(F)cc12. The molecule has 2 rings (SSSR count). The number of rotatable bonds is 1. The molecule has 0 fully saturated rings. The van der Waals surface area contributed by atoms with Gasteiger partial charge in [0, 0.05) is 17.2 Å². The van der Waals surface area contributed by atoms with Gasteiger partial charge in [0.15, 0.2) is 0 Å². The normalized spacial score (nSPS) is 10.8. The highest BCUT2D eigenvalue weighted by molar-refractivity contribution is 5.84. The van der Waals surface area contributed by atoms with Gasteiger partial charge in [0.05, 0.1) is 6.26 Å². The van der Waals surface area contributed by atoms with Crippen LogP contribution >= 0.6 is 0 Å². The predicted molar refractivity (Wildman–Crippen MR) is 45.2 cm³/mol. The van der Waals surface area contributed by atoms with Crippen molar-refractivity contribution in [3.05, 3.63) is 43.0 Å². The van der Waals surface area contributed by atoms with E-state index in [1.807, 2.05) is 0 Å². The fourth-order valence-corrected chi connectivity index (χ4v) is 1.26. The van der Waals surface area contributed by atoms with Crippen molar-refractivity contribution >= 4 is 10.8 Å². The van der Waals surface area contributed by atoms with E-state index < -0.39 is 0 Å². The molecule has 0 atom stereocenters. The lowest BCUT2D eigenvalue weighted by Crippen LogP contribution is -1.77. The lowest BCUT2D eigenvalue weighted by atomic mass is 10.1. The monoisotopic (exact) mass is 163 g/mol. The fourth-order valence-electron chi connectivity index (χ4n) is 1.26. The van der Waals surface area contributed by atoms with Gasteiger partial charge < -0.3 is 4.42 Å². The van der Waals surface area contributed by atoms with Crippen LogP contribution in [-0.4, -0.2) is 0 Å². The molecule has 1 aromatic heterocycles. The van der Waals surface area contributed by atoms with Gasteiger partial charge >= 0.3 is 0 Å². The molecule has 0 aliphatic carbocycles. The average Bonchev–Trinajstić information content (AvgIpc) is 2.46. The summed E-state index contributed by atoms with van der Waals surface area (Å²) in [4.78, 5) is 0. The zero-order valence-electron chi connectivity index (χ0n) is 6.51. The summed E-state index contributed by atoms with van der Waals surface area (Å²) >= 11 is 0.